The fraction of sp³-hybridized carbons (Fsp3) is 0.455. The molecule has 0 amide bonds. The van der Waals surface area contributed by atoms with Gasteiger partial charge in [0.25, 0.3) is 0 Å². The SMILES string of the molecule is O=S(=O)(NCC1(O)CCC1)c1cccc(Br)c1. The van der Waals surface area contributed by atoms with Crippen LogP contribution in [0.4, 0.5) is 0 Å². The molecule has 0 heterocycles. The van der Waals surface area contributed by atoms with Crippen molar-refractivity contribution in [3.05, 3.63) is 28.7 Å². The van der Waals surface area contributed by atoms with Crippen molar-refractivity contribution in [3.8, 4) is 0 Å². The topological polar surface area (TPSA) is 66.4 Å². The first-order valence-corrected chi connectivity index (χ1v) is 7.67. The van der Waals surface area contributed by atoms with Crippen LogP contribution in [-0.4, -0.2) is 25.7 Å². The zero-order valence-electron chi connectivity index (χ0n) is 9.19. The second-order valence-corrected chi connectivity index (χ2v) is 7.04. The van der Waals surface area contributed by atoms with Crippen LogP contribution in [0, 0.1) is 0 Å². The monoisotopic (exact) mass is 319 g/mol. The van der Waals surface area contributed by atoms with Gasteiger partial charge in [-0.3, -0.25) is 0 Å². The van der Waals surface area contributed by atoms with Crippen LogP contribution < -0.4 is 4.72 Å². The quantitative estimate of drug-likeness (QED) is 0.886. The summed E-state index contributed by atoms with van der Waals surface area (Å²) >= 11 is 3.23. The molecule has 1 saturated carbocycles. The Morgan fingerprint density at radius 2 is 2.12 bits per heavy atom. The molecule has 2 rings (SSSR count). The molecule has 0 atom stereocenters. The molecule has 0 aliphatic heterocycles. The van der Waals surface area contributed by atoms with E-state index in [1.165, 1.54) is 12.1 Å². The number of benzene rings is 1. The van der Waals surface area contributed by atoms with Crippen molar-refractivity contribution >= 4 is 26.0 Å². The van der Waals surface area contributed by atoms with E-state index >= 15 is 0 Å². The predicted molar refractivity (Wildman–Crippen MR) is 68.1 cm³/mol. The average Bonchev–Trinajstić information content (AvgIpc) is 2.24. The smallest absolute Gasteiger partial charge is 0.240 e. The Bertz CT molecular complexity index is 511. The Labute approximate surface area is 109 Å². The molecule has 1 fully saturated rings. The van der Waals surface area contributed by atoms with Gasteiger partial charge in [-0.1, -0.05) is 22.0 Å². The standard InChI is InChI=1S/C11H14BrNO3S/c12-9-3-1-4-10(7-9)17(15,16)13-8-11(14)5-2-6-11/h1,3-4,7,13-14H,2,5-6,8H2. The average molecular weight is 320 g/mol. The van der Waals surface area contributed by atoms with Gasteiger partial charge in [-0.25, -0.2) is 13.1 Å². The van der Waals surface area contributed by atoms with Crippen LogP contribution in [0.1, 0.15) is 19.3 Å². The number of sulfonamides is 1. The number of hydrogen-bond acceptors (Lipinski definition) is 3. The summed E-state index contributed by atoms with van der Waals surface area (Å²) in [6.07, 6.45) is 2.27. The minimum absolute atomic E-state index is 0.0852. The lowest BCUT2D eigenvalue weighted by Gasteiger charge is -2.36. The molecule has 1 aromatic rings. The lowest BCUT2D eigenvalue weighted by Crippen LogP contribution is -2.47. The van der Waals surface area contributed by atoms with Gasteiger partial charge in [0.2, 0.25) is 10.0 Å². The number of hydrogen-bond donors (Lipinski definition) is 2. The molecule has 6 heteroatoms. The summed E-state index contributed by atoms with van der Waals surface area (Å²) in [6.45, 7) is 0.0852. The summed E-state index contributed by atoms with van der Waals surface area (Å²) < 4.78 is 27.0. The number of nitrogens with one attached hydrogen (secondary N) is 1. The van der Waals surface area contributed by atoms with Gasteiger partial charge in [0.1, 0.15) is 0 Å². The molecule has 0 unspecified atom stereocenters. The summed E-state index contributed by atoms with van der Waals surface area (Å²) in [4.78, 5) is 0.204. The lowest BCUT2D eigenvalue weighted by molar-refractivity contribution is -0.0270. The predicted octanol–water partition coefficient (Wildman–Crippen LogP) is 1.64. The maximum Gasteiger partial charge on any atom is 0.240 e. The highest BCUT2D eigenvalue weighted by Crippen LogP contribution is 2.31. The fourth-order valence-electron chi connectivity index (χ4n) is 1.71. The van der Waals surface area contributed by atoms with E-state index in [4.69, 9.17) is 0 Å². The Morgan fingerprint density at radius 3 is 2.65 bits per heavy atom. The van der Waals surface area contributed by atoms with Crippen molar-refractivity contribution in [1.82, 2.24) is 4.72 Å². The van der Waals surface area contributed by atoms with E-state index in [2.05, 4.69) is 20.7 Å². The fourth-order valence-corrected chi connectivity index (χ4v) is 3.42. The Balaban J connectivity index is 2.08. The number of rotatable bonds is 4. The molecule has 4 nitrogen and oxygen atoms in total. The molecule has 0 radical (unpaired) electrons. The van der Waals surface area contributed by atoms with Crippen molar-refractivity contribution in [2.24, 2.45) is 0 Å². The normalized spacial score (nSPS) is 18.7. The maximum absolute atomic E-state index is 11.9. The minimum atomic E-state index is -3.53. The summed E-state index contributed by atoms with van der Waals surface area (Å²) in [5, 5.41) is 9.84. The third-order valence-electron chi connectivity index (χ3n) is 2.98. The molecule has 17 heavy (non-hydrogen) atoms. The van der Waals surface area contributed by atoms with Crippen LogP contribution in [0.3, 0.4) is 0 Å². The molecule has 1 aliphatic carbocycles. The highest BCUT2D eigenvalue weighted by Gasteiger charge is 2.35. The minimum Gasteiger partial charge on any atom is -0.389 e. The van der Waals surface area contributed by atoms with E-state index in [9.17, 15) is 13.5 Å². The van der Waals surface area contributed by atoms with Crippen LogP contribution in [0.5, 0.6) is 0 Å². The summed E-state index contributed by atoms with van der Waals surface area (Å²) in [6, 6.07) is 6.49. The molecule has 0 bridgehead atoms. The van der Waals surface area contributed by atoms with E-state index in [1.54, 1.807) is 12.1 Å². The maximum atomic E-state index is 11.9. The van der Waals surface area contributed by atoms with Crippen molar-refractivity contribution < 1.29 is 13.5 Å². The van der Waals surface area contributed by atoms with Gasteiger partial charge in [-0.2, -0.15) is 0 Å². The van der Waals surface area contributed by atoms with Crippen molar-refractivity contribution in [1.29, 1.82) is 0 Å². The molecule has 1 aliphatic rings. The van der Waals surface area contributed by atoms with Gasteiger partial charge < -0.3 is 5.11 Å². The Hall–Kier alpha value is -0.430. The Kier molecular flexibility index (Phi) is 3.58. The molecule has 94 valence electrons. The van der Waals surface area contributed by atoms with E-state index in [0.717, 1.165) is 6.42 Å². The van der Waals surface area contributed by atoms with Gasteiger partial charge >= 0.3 is 0 Å². The van der Waals surface area contributed by atoms with E-state index in [-0.39, 0.29) is 11.4 Å². The first-order chi connectivity index (χ1) is 7.91. The van der Waals surface area contributed by atoms with Crippen LogP contribution in [0.15, 0.2) is 33.6 Å². The summed E-state index contributed by atoms with van der Waals surface area (Å²) in [5.41, 5.74) is -0.848. The third kappa shape index (κ3) is 3.07. The molecular weight excluding hydrogens is 306 g/mol. The molecular formula is C11H14BrNO3S. The summed E-state index contributed by atoms with van der Waals surface area (Å²) in [5.74, 6) is 0. The highest BCUT2D eigenvalue weighted by atomic mass is 79.9. The molecule has 0 saturated heterocycles. The Morgan fingerprint density at radius 1 is 1.41 bits per heavy atom. The van der Waals surface area contributed by atoms with Gasteiger partial charge in [-0.05, 0) is 37.5 Å². The molecule has 0 aromatic heterocycles. The molecule has 0 spiro atoms. The lowest BCUT2D eigenvalue weighted by atomic mass is 9.81. The van der Waals surface area contributed by atoms with Crippen LogP contribution in [0.25, 0.3) is 0 Å². The van der Waals surface area contributed by atoms with Gasteiger partial charge in [0.05, 0.1) is 10.5 Å². The van der Waals surface area contributed by atoms with Gasteiger partial charge in [-0.15, -0.1) is 0 Å². The zero-order valence-corrected chi connectivity index (χ0v) is 11.6. The molecule has 1 aromatic carbocycles. The van der Waals surface area contributed by atoms with Crippen molar-refractivity contribution in [3.63, 3.8) is 0 Å². The molecule has 2 N–H and O–H groups in total. The number of halogens is 1. The first kappa shape index (κ1) is 13.0. The number of aliphatic hydroxyl groups is 1. The van der Waals surface area contributed by atoms with E-state index in [1.807, 2.05) is 0 Å². The second-order valence-electron chi connectivity index (χ2n) is 4.36. The second kappa shape index (κ2) is 4.68. The van der Waals surface area contributed by atoms with Crippen molar-refractivity contribution in [2.75, 3.05) is 6.54 Å². The zero-order chi connectivity index (χ0) is 12.5. The van der Waals surface area contributed by atoms with Crippen LogP contribution in [0.2, 0.25) is 0 Å². The van der Waals surface area contributed by atoms with Crippen LogP contribution >= 0.6 is 15.9 Å². The largest absolute Gasteiger partial charge is 0.389 e. The van der Waals surface area contributed by atoms with Crippen molar-refractivity contribution in [2.45, 2.75) is 29.8 Å². The first-order valence-electron chi connectivity index (χ1n) is 5.39. The van der Waals surface area contributed by atoms with Gasteiger partial charge in [0, 0.05) is 11.0 Å². The van der Waals surface area contributed by atoms with Gasteiger partial charge in [0.15, 0.2) is 0 Å². The van der Waals surface area contributed by atoms with E-state index in [0.29, 0.717) is 17.3 Å². The summed E-state index contributed by atoms with van der Waals surface area (Å²) in [7, 11) is -3.53. The third-order valence-corrected chi connectivity index (χ3v) is 4.87. The van der Waals surface area contributed by atoms with E-state index < -0.39 is 15.6 Å². The highest BCUT2D eigenvalue weighted by molar-refractivity contribution is 9.10. The van der Waals surface area contributed by atoms with Crippen LogP contribution in [-0.2, 0) is 10.0 Å².